The Morgan fingerprint density at radius 1 is 1.37 bits per heavy atom. The van der Waals surface area contributed by atoms with Crippen LogP contribution in [0.2, 0.25) is 5.02 Å². The van der Waals surface area contributed by atoms with Crippen molar-refractivity contribution in [2.45, 2.75) is 38.8 Å². The molecular weight excluding hydrogens is 263 g/mol. The molecule has 2 rings (SSSR count). The zero-order valence-corrected chi connectivity index (χ0v) is 12.2. The lowest BCUT2D eigenvalue weighted by atomic mass is 10.0. The summed E-state index contributed by atoms with van der Waals surface area (Å²) in [6.07, 6.45) is 3.88. The van der Waals surface area contributed by atoms with Gasteiger partial charge in [-0.05, 0) is 49.7 Å². The summed E-state index contributed by atoms with van der Waals surface area (Å²) in [6.45, 7) is 6.16. The Balaban J connectivity index is 1.82. The van der Waals surface area contributed by atoms with Crippen LogP contribution in [0.5, 0.6) is 0 Å². The summed E-state index contributed by atoms with van der Waals surface area (Å²) in [6, 6.07) is 5.31. The second kappa shape index (κ2) is 7.22. The highest BCUT2D eigenvalue weighted by atomic mass is 35.5. The molecule has 0 aromatic heterocycles. The van der Waals surface area contributed by atoms with Gasteiger partial charge in [-0.1, -0.05) is 24.9 Å². The van der Waals surface area contributed by atoms with Crippen LogP contribution in [0.15, 0.2) is 18.2 Å². The summed E-state index contributed by atoms with van der Waals surface area (Å²) in [5.41, 5.74) is 0.906. The first kappa shape index (κ1) is 14.8. The van der Waals surface area contributed by atoms with E-state index in [0.717, 1.165) is 18.7 Å². The lowest BCUT2D eigenvalue weighted by molar-refractivity contribution is 0.153. The molecule has 19 heavy (non-hydrogen) atoms. The third-order valence-corrected chi connectivity index (χ3v) is 4.00. The number of likely N-dealkylation sites (N-methyl/N-ethyl adjacent to an activating group) is 1. The molecule has 1 aromatic carbocycles. The third-order valence-electron chi connectivity index (χ3n) is 3.79. The average Bonchev–Trinajstić information content (AvgIpc) is 2.38. The fourth-order valence-corrected chi connectivity index (χ4v) is 3.05. The highest BCUT2D eigenvalue weighted by Crippen LogP contribution is 2.17. The SMILES string of the molecule is CCN1CCCCC1CNCc1cc(F)cc(Cl)c1. The minimum Gasteiger partial charge on any atom is -0.311 e. The Morgan fingerprint density at radius 3 is 2.95 bits per heavy atom. The number of nitrogens with one attached hydrogen (secondary N) is 1. The lowest BCUT2D eigenvalue weighted by Gasteiger charge is -2.35. The van der Waals surface area contributed by atoms with E-state index in [1.807, 2.05) is 6.07 Å². The second-order valence-corrected chi connectivity index (χ2v) is 5.62. The molecule has 0 spiro atoms. The Bertz CT molecular complexity index is 391. The summed E-state index contributed by atoms with van der Waals surface area (Å²) < 4.78 is 13.2. The van der Waals surface area contributed by atoms with Crippen molar-refractivity contribution in [3.8, 4) is 0 Å². The first-order valence-corrected chi connectivity index (χ1v) is 7.46. The van der Waals surface area contributed by atoms with E-state index in [2.05, 4.69) is 17.1 Å². The van der Waals surface area contributed by atoms with Gasteiger partial charge in [0.05, 0.1) is 0 Å². The van der Waals surface area contributed by atoms with Crippen LogP contribution in [-0.4, -0.2) is 30.6 Å². The highest BCUT2D eigenvalue weighted by Gasteiger charge is 2.20. The fourth-order valence-electron chi connectivity index (χ4n) is 2.80. The quantitative estimate of drug-likeness (QED) is 0.891. The van der Waals surface area contributed by atoms with E-state index in [4.69, 9.17) is 11.6 Å². The minimum absolute atomic E-state index is 0.267. The van der Waals surface area contributed by atoms with Crippen molar-refractivity contribution in [2.24, 2.45) is 0 Å². The van der Waals surface area contributed by atoms with Crippen molar-refractivity contribution in [1.82, 2.24) is 10.2 Å². The van der Waals surface area contributed by atoms with E-state index in [-0.39, 0.29) is 5.82 Å². The predicted molar refractivity (Wildman–Crippen MR) is 78.0 cm³/mol. The number of rotatable bonds is 5. The van der Waals surface area contributed by atoms with E-state index in [1.54, 1.807) is 0 Å². The molecule has 0 bridgehead atoms. The zero-order chi connectivity index (χ0) is 13.7. The van der Waals surface area contributed by atoms with Gasteiger partial charge >= 0.3 is 0 Å². The van der Waals surface area contributed by atoms with Gasteiger partial charge in [0.25, 0.3) is 0 Å². The van der Waals surface area contributed by atoms with Crippen LogP contribution in [0.4, 0.5) is 4.39 Å². The Morgan fingerprint density at radius 2 is 2.21 bits per heavy atom. The third kappa shape index (κ3) is 4.44. The van der Waals surface area contributed by atoms with Gasteiger partial charge in [-0.3, -0.25) is 4.90 Å². The molecule has 0 radical (unpaired) electrons. The van der Waals surface area contributed by atoms with Gasteiger partial charge in [-0.25, -0.2) is 4.39 Å². The number of likely N-dealkylation sites (tertiary alicyclic amines) is 1. The van der Waals surface area contributed by atoms with Crippen LogP contribution in [0.1, 0.15) is 31.7 Å². The number of benzene rings is 1. The molecule has 1 aliphatic rings. The number of halogens is 2. The summed E-state index contributed by atoms with van der Waals surface area (Å²) in [4.78, 5) is 2.52. The van der Waals surface area contributed by atoms with Crippen LogP contribution < -0.4 is 5.32 Å². The maximum absolute atomic E-state index is 13.2. The molecule has 1 saturated heterocycles. The van der Waals surface area contributed by atoms with Gasteiger partial charge in [0.2, 0.25) is 0 Å². The van der Waals surface area contributed by atoms with Crippen molar-refractivity contribution in [2.75, 3.05) is 19.6 Å². The topological polar surface area (TPSA) is 15.3 Å². The van der Waals surface area contributed by atoms with Crippen molar-refractivity contribution < 1.29 is 4.39 Å². The molecular formula is C15H22ClFN2. The van der Waals surface area contributed by atoms with Crippen LogP contribution in [0, 0.1) is 5.82 Å². The number of nitrogens with zero attached hydrogens (tertiary/aromatic N) is 1. The molecule has 1 unspecified atom stereocenters. The van der Waals surface area contributed by atoms with Crippen molar-refractivity contribution >= 4 is 11.6 Å². The number of hydrogen-bond donors (Lipinski definition) is 1. The molecule has 1 atom stereocenters. The summed E-state index contributed by atoms with van der Waals surface area (Å²) >= 11 is 5.85. The Kier molecular flexibility index (Phi) is 5.61. The van der Waals surface area contributed by atoms with E-state index in [0.29, 0.717) is 17.6 Å². The first-order chi connectivity index (χ1) is 9.19. The molecule has 1 fully saturated rings. The first-order valence-electron chi connectivity index (χ1n) is 7.08. The van der Waals surface area contributed by atoms with Gasteiger partial charge in [0.1, 0.15) is 5.82 Å². The van der Waals surface area contributed by atoms with E-state index < -0.39 is 0 Å². The number of piperidine rings is 1. The summed E-state index contributed by atoms with van der Waals surface area (Å²) in [5, 5.41) is 3.89. The fraction of sp³-hybridized carbons (Fsp3) is 0.600. The van der Waals surface area contributed by atoms with Crippen LogP contribution in [-0.2, 0) is 6.54 Å². The van der Waals surface area contributed by atoms with E-state index >= 15 is 0 Å². The smallest absolute Gasteiger partial charge is 0.125 e. The van der Waals surface area contributed by atoms with Crippen molar-refractivity contribution in [1.29, 1.82) is 0 Å². The normalized spacial score (nSPS) is 20.7. The summed E-state index contributed by atoms with van der Waals surface area (Å²) in [7, 11) is 0. The Labute approximate surface area is 119 Å². The van der Waals surface area contributed by atoms with Crippen LogP contribution >= 0.6 is 11.6 Å². The standard InChI is InChI=1S/C15H22ClFN2/c1-2-19-6-4-3-5-15(19)11-18-10-12-7-13(16)9-14(17)8-12/h7-9,15,18H,2-6,10-11H2,1H3. The van der Waals surface area contributed by atoms with Crippen molar-refractivity contribution in [3.05, 3.63) is 34.6 Å². The van der Waals surface area contributed by atoms with Crippen LogP contribution in [0.25, 0.3) is 0 Å². The van der Waals surface area contributed by atoms with Gasteiger partial charge in [0.15, 0.2) is 0 Å². The van der Waals surface area contributed by atoms with Crippen molar-refractivity contribution in [3.63, 3.8) is 0 Å². The lowest BCUT2D eigenvalue weighted by Crippen LogP contribution is -2.45. The predicted octanol–water partition coefficient (Wildman–Crippen LogP) is 3.44. The summed E-state index contributed by atoms with van der Waals surface area (Å²) in [5.74, 6) is -0.267. The monoisotopic (exact) mass is 284 g/mol. The van der Waals surface area contributed by atoms with E-state index in [1.165, 1.54) is 37.9 Å². The van der Waals surface area contributed by atoms with E-state index in [9.17, 15) is 4.39 Å². The molecule has 0 saturated carbocycles. The second-order valence-electron chi connectivity index (χ2n) is 5.19. The van der Waals surface area contributed by atoms with Crippen LogP contribution in [0.3, 0.4) is 0 Å². The zero-order valence-electron chi connectivity index (χ0n) is 11.5. The highest BCUT2D eigenvalue weighted by molar-refractivity contribution is 6.30. The van der Waals surface area contributed by atoms with Gasteiger partial charge < -0.3 is 5.32 Å². The molecule has 0 amide bonds. The number of hydrogen-bond acceptors (Lipinski definition) is 2. The largest absolute Gasteiger partial charge is 0.311 e. The Hall–Kier alpha value is -0.640. The molecule has 2 nitrogen and oxygen atoms in total. The molecule has 1 aromatic rings. The molecule has 0 aliphatic carbocycles. The average molecular weight is 285 g/mol. The molecule has 106 valence electrons. The maximum atomic E-state index is 13.2. The van der Waals surface area contributed by atoms with Gasteiger partial charge in [-0.2, -0.15) is 0 Å². The molecule has 4 heteroatoms. The van der Waals surface area contributed by atoms with Gasteiger partial charge in [0, 0.05) is 24.2 Å². The molecule has 1 N–H and O–H groups in total. The maximum Gasteiger partial charge on any atom is 0.125 e. The molecule has 1 aliphatic heterocycles. The minimum atomic E-state index is -0.267. The van der Waals surface area contributed by atoms with Gasteiger partial charge in [-0.15, -0.1) is 0 Å². The molecule has 1 heterocycles.